The summed E-state index contributed by atoms with van der Waals surface area (Å²) in [5.41, 5.74) is 10.7. The highest BCUT2D eigenvalue weighted by Crippen LogP contribution is 2.37. The van der Waals surface area contributed by atoms with Crippen LogP contribution < -0.4 is 10.5 Å². The van der Waals surface area contributed by atoms with Gasteiger partial charge in [0, 0.05) is 22.6 Å². The number of para-hydroxylation sites is 1. The van der Waals surface area contributed by atoms with Crippen molar-refractivity contribution < 1.29 is 4.74 Å². The second-order valence-corrected chi connectivity index (χ2v) is 7.01. The second kappa shape index (κ2) is 5.98. The fourth-order valence-electron chi connectivity index (χ4n) is 3.52. The number of imidazole rings is 1. The van der Waals surface area contributed by atoms with E-state index < -0.39 is 0 Å². The van der Waals surface area contributed by atoms with E-state index in [4.69, 9.17) is 15.5 Å². The molecule has 4 nitrogen and oxygen atoms in total. The van der Waals surface area contributed by atoms with Gasteiger partial charge >= 0.3 is 0 Å². The molecule has 4 rings (SSSR count). The Hall–Kier alpha value is -1.85. The van der Waals surface area contributed by atoms with Crippen LogP contribution in [-0.4, -0.2) is 23.0 Å². The number of aryl methyl sites for hydroxylation is 2. The molecule has 0 spiro atoms. The fourth-order valence-corrected chi connectivity index (χ4v) is 4.75. The zero-order chi connectivity index (χ0) is 15.8. The number of benzene rings is 1. The number of aromatic nitrogens is 2. The minimum absolute atomic E-state index is 0.626. The van der Waals surface area contributed by atoms with Crippen LogP contribution in [0.25, 0.3) is 16.2 Å². The molecule has 0 amide bonds. The Kier molecular flexibility index (Phi) is 3.83. The van der Waals surface area contributed by atoms with Crippen LogP contribution >= 0.6 is 11.3 Å². The number of methoxy groups -OCH3 is 1. The molecule has 2 aromatic heterocycles. The molecule has 0 fully saturated rings. The molecule has 3 aromatic rings. The SMILES string of the molecule is COc1ccccc1-c1nc2sc3c(n2c1CCN)CCCC3. The van der Waals surface area contributed by atoms with Crippen molar-refractivity contribution in [3.8, 4) is 17.0 Å². The van der Waals surface area contributed by atoms with E-state index in [1.54, 1.807) is 7.11 Å². The first-order chi connectivity index (χ1) is 11.3. The number of hydrogen-bond acceptors (Lipinski definition) is 4. The van der Waals surface area contributed by atoms with Gasteiger partial charge in [0.05, 0.1) is 18.5 Å². The normalized spacial score (nSPS) is 14.2. The summed E-state index contributed by atoms with van der Waals surface area (Å²) < 4.78 is 7.91. The third-order valence-corrected chi connectivity index (χ3v) is 5.70. The number of nitrogens with two attached hydrogens (primary N) is 1. The summed E-state index contributed by atoms with van der Waals surface area (Å²) in [5.74, 6) is 0.866. The Morgan fingerprint density at radius 3 is 2.91 bits per heavy atom. The van der Waals surface area contributed by atoms with Gasteiger partial charge in [0.2, 0.25) is 0 Å². The summed E-state index contributed by atoms with van der Waals surface area (Å²) >= 11 is 1.84. The van der Waals surface area contributed by atoms with E-state index in [2.05, 4.69) is 10.5 Å². The summed E-state index contributed by atoms with van der Waals surface area (Å²) in [4.78, 5) is 7.56. The van der Waals surface area contributed by atoms with Crippen molar-refractivity contribution in [3.63, 3.8) is 0 Å². The summed E-state index contributed by atoms with van der Waals surface area (Å²) in [6, 6.07) is 8.10. The molecule has 0 aliphatic heterocycles. The molecule has 1 aliphatic rings. The molecule has 0 bridgehead atoms. The monoisotopic (exact) mass is 327 g/mol. The van der Waals surface area contributed by atoms with Crippen LogP contribution in [-0.2, 0) is 19.3 Å². The molecular weight excluding hydrogens is 306 g/mol. The molecule has 2 N–H and O–H groups in total. The molecule has 23 heavy (non-hydrogen) atoms. The van der Waals surface area contributed by atoms with Gasteiger partial charge in [-0.15, -0.1) is 11.3 Å². The van der Waals surface area contributed by atoms with Crippen molar-refractivity contribution in [1.29, 1.82) is 0 Å². The van der Waals surface area contributed by atoms with Gasteiger partial charge < -0.3 is 10.5 Å². The quantitative estimate of drug-likeness (QED) is 0.798. The maximum absolute atomic E-state index is 5.90. The number of fused-ring (bicyclic) bond motifs is 3. The standard InChI is InChI=1S/C18H21N3OS/c1-22-15-8-4-2-6-12(15)17-14(10-11-19)21-13-7-3-5-9-16(13)23-18(21)20-17/h2,4,6,8H,3,5,7,9-11,19H2,1H3. The molecule has 0 unspecified atom stereocenters. The highest BCUT2D eigenvalue weighted by molar-refractivity contribution is 7.17. The first kappa shape index (κ1) is 14.7. The van der Waals surface area contributed by atoms with Crippen molar-refractivity contribution >= 4 is 16.3 Å². The van der Waals surface area contributed by atoms with Crippen molar-refractivity contribution in [2.24, 2.45) is 5.73 Å². The van der Waals surface area contributed by atoms with Crippen molar-refractivity contribution in [1.82, 2.24) is 9.38 Å². The Morgan fingerprint density at radius 1 is 1.26 bits per heavy atom. The zero-order valence-electron chi connectivity index (χ0n) is 13.3. The van der Waals surface area contributed by atoms with Crippen molar-refractivity contribution in [2.75, 3.05) is 13.7 Å². The lowest BCUT2D eigenvalue weighted by atomic mass is 10.0. The van der Waals surface area contributed by atoms with E-state index in [-0.39, 0.29) is 0 Å². The highest BCUT2D eigenvalue weighted by Gasteiger charge is 2.23. The molecule has 0 saturated carbocycles. The average molecular weight is 327 g/mol. The Labute approximate surface area is 139 Å². The lowest BCUT2D eigenvalue weighted by Crippen LogP contribution is -2.09. The van der Waals surface area contributed by atoms with Crippen LogP contribution in [0.1, 0.15) is 29.1 Å². The summed E-state index contributed by atoms with van der Waals surface area (Å²) in [6.45, 7) is 0.626. The molecule has 0 atom stereocenters. The molecular formula is C18H21N3OS. The summed E-state index contributed by atoms with van der Waals surface area (Å²) in [6.07, 6.45) is 5.73. The maximum atomic E-state index is 5.90. The lowest BCUT2D eigenvalue weighted by Gasteiger charge is -2.13. The Bertz CT molecular complexity index is 849. The molecule has 120 valence electrons. The molecule has 1 aromatic carbocycles. The zero-order valence-corrected chi connectivity index (χ0v) is 14.2. The smallest absolute Gasteiger partial charge is 0.194 e. The van der Waals surface area contributed by atoms with Gasteiger partial charge in [-0.05, 0) is 44.4 Å². The van der Waals surface area contributed by atoms with Crippen LogP contribution in [0.15, 0.2) is 24.3 Å². The van der Waals surface area contributed by atoms with Gasteiger partial charge in [-0.25, -0.2) is 4.98 Å². The van der Waals surface area contributed by atoms with Crippen LogP contribution in [0.5, 0.6) is 5.75 Å². The number of ether oxygens (including phenoxy) is 1. The third kappa shape index (κ3) is 2.35. The number of thiazole rings is 1. The summed E-state index contributed by atoms with van der Waals surface area (Å²) in [5, 5.41) is 0. The molecule has 1 aliphatic carbocycles. The molecule has 0 saturated heterocycles. The van der Waals surface area contributed by atoms with E-state index in [9.17, 15) is 0 Å². The van der Waals surface area contributed by atoms with Gasteiger partial charge in [-0.3, -0.25) is 4.40 Å². The fraction of sp³-hybridized carbons (Fsp3) is 0.389. The Balaban J connectivity index is 1.96. The lowest BCUT2D eigenvalue weighted by molar-refractivity contribution is 0.416. The molecule has 2 heterocycles. The van der Waals surface area contributed by atoms with E-state index in [1.807, 2.05) is 29.5 Å². The predicted molar refractivity (Wildman–Crippen MR) is 94.5 cm³/mol. The highest BCUT2D eigenvalue weighted by atomic mass is 32.1. The van der Waals surface area contributed by atoms with E-state index in [1.165, 1.54) is 35.5 Å². The molecule has 5 heteroatoms. The second-order valence-electron chi connectivity index (χ2n) is 5.94. The minimum Gasteiger partial charge on any atom is -0.496 e. The van der Waals surface area contributed by atoms with Gasteiger partial charge in [0.1, 0.15) is 5.75 Å². The molecule has 0 radical (unpaired) electrons. The van der Waals surface area contributed by atoms with E-state index in [0.717, 1.165) is 34.8 Å². The largest absolute Gasteiger partial charge is 0.496 e. The van der Waals surface area contributed by atoms with Crippen molar-refractivity contribution in [2.45, 2.75) is 32.1 Å². The number of nitrogens with zero attached hydrogens (tertiary/aromatic N) is 2. The topological polar surface area (TPSA) is 52.5 Å². The van der Waals surface area contributed by atoms with E-state index in [0.29, 0.717) is 6.54 Å². The van der Waals surface area contributed by atoms with E-state index >= 15 is 0 Å². The van der Waals surface area contributed by atoms with Gasteiger partial charge in [0.25, 0.3) is 0 Å². The third-order valence-electron chi connectivity index (χ3n) is 4.56. The first-order valence-corrected chi connectivity index (χ1v) is 9.00. The van der Waals surface area contributed by atoms with Crippen LogP contribution in [0.2, 0.25) is 0 Å². The van der Waals surface area contributed by atoms with Crippen LogP contribution in [0.4, 0.5) is 0 Å². The van der Waals surface area contributed by atoms with Gasteiger partial charge in [0.15, 0.2) is 4.96 Å². The van der Waals surface area contributed by atoms with Crippen LogP contribution in [0, 0.1) is 0 Å². The summed E-state index contributed by atoms with van der Waals surface area (Å²) in [7, 11) is 1.71. The average Bonchev–Trinajstić information content (AvgIpc) is 3.12. The Morgan fingerprint density at radius 2 is 2.09 bits per heavy atom. The first-order valence-electron chi connectivity index (χ1n) is 8.18. The van der Waals surface area contributed by atoms with Crippen molar-refractivity contribution in [3.05, 3.63) is 40.5 Å². The predicted octanol–water partition coefficient (Wildman–Crippen LogP) is 3.45. The number of hydrogen-bond donors (Lipinski definition) is 1. The minimum atomic E-state index is 0.626. The van der Waals surface area contributed by atoms with Crippen LogP contribution in [0.3, 0.4) is 0 Å². The van der Waals surface area contributed by atoms with Gasteiger partial charge in [-0.2, -0.15) is 0 Å². The van der Waals surface area contributed by atoms with Gasteiger partial charge in [-0.1, -0.05) is 12.1 Å². The number of rotatable bonds is 4. The maximum Gasteiger partial charge on any atom is 0.194 e.